The summed E-state index contributed by atoms with van der Waals surface area (Å²) < 4.78 is 0. The van der Waals surface area contributed by atoms with E-state index in [1.54, 1.807) is 0 Å². The van der Waals surface area contributed by atoms with Crippen LogP contribution < -0.4 is 5.32 Å². The van der Waals surface area contributed by atoms with Crippen LogP contribution in [-0.4, -0.2) is 36.5 Å². The Hall–Kier alpha value is -0.570. The molecular weight excluding hydrogens is 248 g/mol. The number of hydrogen-bond acceptors (Lipinski definition) is 2. The van der Waals surface area contributed by atoms with Gasteiger partial charge >= 0.3 is 0 Å². The van der Waals surface area contributed by atoms with E-state index in [-0.39, 0.29) is 5.92 Å². The van der Waals surface area contributed by atoms with Crippen LogP contribution in [-0.2, 0) is 4.79 Å². The monoisotopic (exact) mass is 282 g/mol. The number of hydrogen-bond donors (Lipinski definition) is 1. The Bertz CT molecular complexity index is 266. The summed E-state index contributed by atoms with van der Waals surface area (Å²) in [6.45, 7) is 11.9. The van der Waals surface area contributed by atoms with E-state index in [0.717, 1.165) is 45.3 Å². The first-order valence-electron chi connectivity index (χ1n) is 8.61. The summed E-state index contributed by atoms with van der Waals surface area (Å²) >= 11 is 0. The lowest BCUT2D eigenvalue weighted by Gasteiger charge is -2.35. The second-order valence-electron chi connectivity index (χ2n) is 6.55. The van der Waals surface area contributed by atoms with Gasteiger partial charge < -0.3 is 10.2 Å². The number of nitrogens with zero attached hydrogens (tertiary/aromatic N) is 1. The molecule has 0 aliphatic carbocycles. The minimum atomic E-state index is 0.245. The summed E-state index contributed by atoms with van der Waals surface area (Å²) in [6.07, 6.45) is 6.72. The first-order chi connectivity index (χ1) is 9.60. The molecule has 0 radical (unpaired) electrons. The van der Waals surface area contributed by atoms with Crippen LogP contribution in [0.5, 0.6) is 0 Å². The minimum Gasteiger partial charge on any atom is -0.340 e. The fourth-order valence-corrected chi connectivity index (χ4v) is 3.22. The van der Waals surface area contributed by atoms with E-state index in [0.29, 0.717) is 17.9 Å². The van der Waals surface area contributed by atoms with Crippen LogP contribution in [0.1, 0.15) is 66.2 Å². The molecule has 1 amide bonds. The standard InChI is InChI=1S/C17H34N2O/c1-5-7-16(8-6-2)17(20)19(14(3)4)13-15-9-11-18-12-10-15/h14-16,18H,5-13H2,1-4H3. The van der Waals surface area contributed by atoms with Gasteiger partial charge in [0.05, 0.1) is 0 Å². The molecule has 1 rings (SSSR count). The lowest BCUT2D eigenvalue weighted by Crippen LogP contribution is -2.45. The summed E-state index contributed by atoms with van der Waals surface area (Å²) in [5, 5.41) is 3.41. The number of amides is 1. The average molecular weight is 282 g/mol. The molecule has 0 aromatic heterocycles. The molecule has 118 valence electrons. The van der Waals surface area contributed by atoms with Gasteiger partial charge in [-0.2, -0.15) is 0 Å². The van der Waals surface area contributed by atoms with E-state index in [2.05, 4.69) is 37.9 Å². The summed E-state index contributed by atoms with van der Waals surface area (Å²) in [4.78, 5) is 15.0. The van der Waals surface area contributed by atoms with Crippen LogP contribution in [0.25, 0.3) is 0 Å². The molecule has 1 aliphatic rings. The van der Waals surface area contributed by atoms with Crippen LogP contribution in [0.3, 0.4) is 0 Å². The Kier molecular flexibility index (Phi) is 8.20. The number of carbonyl (C=O) groups excluding carboxylic acids is 1. The van der Waals surface area contributed by atoms with Crippen LogP contribution in [0.4, 0.5) is 0 Å². The van der Waals surface area contributed by atoms with Crippen molar-refractivity contribution in [2.45, 2.75) is 72.3 Å². The Morgan fingerprint density at radius 2 is 1.70 bits per heavy atom. The minimum absolute atomic E-state index is 0.245. The van der Waals surface area contributed by atoms with Crippen molar-refractivity contribution in [1.29, 1.82) is 0 Å². The van der Waals surface area contributed by atoms with Gasteiger partial charge in [0.15, 0.2) is 0 Å². The fourth-order valence-electron chi connectivity index (χ4n) is 3.22. The molecule has 1 N–H and O–H groups in total. The van der Waals surface area contributed by atoms with Crippen molar-refractivity contribution in [1.82, 2.24) is 10.2 Å². The van der Waals surface area contributed by atoms with E-state index in [4.69, 9.17) is 0 Å². The zero-order chi connectivity index (χ0) is 15.0. The molecule has 0 aromatic rings. The van der Waals surface area contributed by atoms with Gasteiger partial charge in [0, 0.05) is 18.5 Å². The van der Waals surface area contributed by atoms with Crippen molar-refractivity contribution in [3.05, 3.63) is 0 Å². The summed E-state index contributed by atoms with van der Waals surface area (Å²) in [7, 11) is 0. The van der Waals surface area contributed by atoms with Gasteiger partial charge in [-0.05, 0) is 58.5 Å². The maximum absolute atomic E-state index is 12.8. The SMILES string of the molecule is CCCC(CCC)C(=O)N(CC1CCNCC1)C(C)C. The first kappa shape index (κ1) is 17.5. The van der Waals surface area contributed by atoms with E-state index < -0.39 is 0 Å². The van der Waals surface area contributed by atoms with Gasteiger partial charge in [0.2, 0.25) is 5.91 Å². The number of nitrogens with one attached hydrogen (secondary N) is 1. The molecule has 0 saturated carbocycles. The lowest BCUT2D eigenvalue weighted by atomic mass is 9.93. The van der Waals surface area contributed by atoms with Crippen molar-refractivity contribution >= 4 is 5.91 Å². The van der Waals surface area contributed by atoms with E-state index in [1.807, 2.05) is 0 Å². The van der Waals surface area contributed by atoms with E-state index in [9.17, 15) is 4.79 Å². The molecule has 0 aromatic carbocycles. The molecule has 0 bridgehead atoms. The Labute approximate surface area is 125 Å². The highest BCUT2D eigenvalue weighted by Gasteiger charge is 2.27. The van der Waals surface area contributed by atoms with Gasteiger partial charge in [-0.1, -0.05) is 26.7 Å². The molecule has 20 heavy (non-hydrogen) atoms. The third-order valence-corrected chi connectivity index (χ3v) is 4.44. The summed E-state index contributed by atoms with van der Waals surface area (Å²) in [5.74, 6) is 1.34. The van der Waals surface area contributed by atoms with Crippen molar-refractivity contribution in [3.63, 3.8) is 0 Å². The predicted molar refractivity (Wildman–Crippen MR) is 85.7 cm³/mol. The Balaban J connectivity index is 2.64. The molecule has 3 heteroatoms. The molecule has 1 heterocycles. The van der Waals surface area contributed by atoms with E-state index in [1.165, 1.54) is 12.8 Å². The normalized spacial score (nSPS) is 16.9. The molecule has 1 fully saturated rings. The first-order valence-corrected chi connectivity index (χ1v) is 8.61. The molecule has 1 aliphatic heterocycles. The topological polar surface area (TPSA) is 32.3 Å². The molecular formula is C17H34N2O. The summed E-state index contributed by atoms with van der Waals surface area (Å²) in [6, 6.07) is 0.327. The third kappa shape index (κ3) is 5.43. The van der Waals surface area contributed by atoms with Crippen LogP contribution in [0, 0.1) is 11.8 Å². The van der Waals surface area contributed by atoms with Gasteiger partial charge in [0.25, 0.3) is 0 Å². The fraction of sp³-hybridized carbons (Fsp3) is 0.941. The van der Waals surface area contributed by atoms with Crippen LogP contribution in [0.2, 0.25) is 0 Å². The summed E-state index contributed by atoms with van der Waals surface area (Å²) in [5.41, 5.74) is 0. The van der Waals surface area contributed by atoms with E-state index >= 15 is 0 Å². The van der Waals surface area contributed by atoms with Crippen molar-refractivity contribution in [2.24, 2.45) is 11.8 Å². The largest absolute Gasteiger partial charge is 0.340 e. The smallest absolute Gasteiger partial charge is 0.225 e. The molecule has 0 spiro atoms. The Morgan fingerprint density at radius 3 is 2.15 bits per heavy atom. The highest BCUT2D eigenvalue weighted by molar-refractivity contribution is 5.79. The zero-order valence-electron chi connectivity index (χ0n) is 14.0. The van der Waals surface area contributed by atoms with Gasteiger partial charge in [-0.25, -0.2) is 0 Å². The van der Waals surface area contributed by atoms with Crippen molar-refractivity contribution in [3.8, 4) is 0 Å². The van der Waals surface area contributed by atoms with Crippen LogP contribution in [0.15, 0.2) is 0 Å². The second-order valence-corrected chi connectivity index (χ2v) is 6.55. The number of piperidine rings is 1. The number of carbonyl (C=O) groups is 1. The molecule has 0 unspecified atom stereocenters. The molecule has 3 nitrogen and oxygen atoms in total. The third-order valence-electron chi connectivity index (χ3n) is 4.44. The maximum Gasteiger partial charge on any atom is 0.225 e. The van der Waals surface area contributed by atoms with Crippen molar-refractivity contribution < 1.29 is 4.79 Å². The zero-order valence-corrected chi connectivity index (χ0v) is 14.0. The Morgan fingerprint density at radius 1 is 1.15 bits per heavy atom. The quantitative estimate of drug-likeness (QED) is 0.739. The van der Waals surface area contributed by atoms with Crippen LogP contribution >= 0.6 is 0 Å². The highest BCUT2D eigenvalue weighted by Crippen LogP contribution is 2.21. The lowest BCUT2D eigenvalue weighted by molar-refractivity contribution is -0.138. The van der Waals surface area contributed by atoms with Gasteiger partial charge in [-0.3, -0.25) is 4.79 Å². The molecule has 1 saturated heterocycles. The number of rotatable bonds is 8. The second kappa shape index (κ2) is 9.38. The highest BCUT2D eigenvalue weighted by atomic mass is 16.2. The average Bonchev–Trinajstić information content (AvgIpc) is 2.44. The van der Waals surface area contributed by atoms with Crippen molar-refractivity contribution in [2.75, 3.05) is 19.6 Å². The maximum atomic E-state index is 12.8. The van der Waals surface area contributed by atoms with Gasteiger partial charge in [-0.15, -0.1) is 0 Å². The predicted octanol–water partition coefficient (Wildman–Crippen LogP) is 3.44. The van der Waals surface area contributed by atoms with Gasteiger partial charge in [0.1, 0.15) is 0 Å². The molecule has 0 atom stereocenters.